The molecule has 2 N–H and O–H groups in total. The Morgan fingerprint density at radius 1 is 1.60 bits per heavy atom. The minimum atomic E-state index is -0.403. The molecular formula is C8H13Cl2N3O2. The van der Waals surface area contributed by atoms with Crippen LogP contribution in [0.15, 0.2) is 6.33 Å². The molecule has 15 heavy (non-hydrogen) atoms. The molecule has 0 fully saturated rings. The number of carbonyl (C=O) groups is 1. The summed E-state index contributed by atoms with van der Waals surface area (Å²) in [6.07, 6.45) is 2.48. The van der Waals surface area contributed by atoms with Crippen molar-refractivity contribution in [2.45, 2.75) is 12.5 Å². The first kappa shape index (κ1) is 14.2. The van der Waals surface area contributed by atoms with Crippen LogP contribution < -0.4 is 5.32 Å². The summed E-state index contributed by atoms with van der Waals surface area (Å²) in [4.78, 5) is 18.4. The highest BCUT2D eigenvalue weighted by Gasteiger charge is 2.28. The smallest absolute Gasteiger partial charge is 0.329 e. The monoisotopic (exact) mass is 253 g/mol. The van der Waals surface area contributed by atoms with Crippen LogP contribution in [0.2, 0.25) is 0 Å². The molecule has 0 amide bonds. The summed E-state index contributed by atoms with van der Waals surface area (Å²) >= 11 is 0. The number of nitrogens with zero attached hydrogens (tertiary/aromatic N) is 1. The second-order valence-corrected chi connectivity index (χ2v) is 2.93. The van der Waals surface area contributed by atoms with E-state index in [9.17, 15) is 4.79 Å². The highest BCUT2D eigenvalue weighted by molar-refractivity contribution is 5.85. The van der Waals surface area contributed by atoms with Gasteiger partial charge in [-0.15, -0.1) is 24.8 Å². The molecule has 86 valence electrons. The second-order valence-electron chi connectivity index (χ2n) is 2.93. The third-order valence-corrected chi connectivity index (χ3v) is 2.19. The third kappa shape index (κ3) is 2.62. The number of nitrogens with one attached hydrogen (secondary N) is 2. The normalized spacial score (nSPS) is 18.1. The van der Waals surface area contributed by atoms with Crippen molar-refractivity contribution in [3.63, 3.8) is 0 Å². The first-order chi connectivity index (χ1) is 6.33. The number of esters is 1. The number of aromatic nitrogens is 2. The average Bonchev–Trinajstić information content (AvgIpc) is 2.63. The molecule has 0 saturated heterocycles. The fourth-order valence-corrected chi connectivity index (χ4v) is 1.53. The summed E-state index contributed by atoms with van der Waals surface area (Å²) in [5.41, 5.74) is 1.78. The number of imidazole rings is 1. The molecule has 0 aromatic carbocycles. The Bertz CT molecular complexity index is 329. The molecule has 2 rings (SSSR count). The van der Waals surface area contributed by atoms with Crippen LogP contribution in [-0.2, 0) is 16.0 Å². The quantitative estimate of drug-likeness (QED) is 0.721. The number of halogens is 2. The number of aromatic amines is 1. The van der Waals surface area contributed by atoms with Crippen molar-refractivity contribution in [2.75, 3.05) is 13.7 Å². The Morgan fingerprint density at radius 2 is 2.33 bits per heavy atom. The highest BCUT2D eigenvalue weighted by Crippen LogP contribution is 2.19. The minimum Gasteiger partial charge on any atom is -0.468 e. The fourth-order valence-electron chi connectivity index (χ4n) is 1.53. The molecule has 0 spiro atoms. The van der Waals surface area contributed by atoms with Crippen LogP contribution in [-0.4, -0.2) is 29.6 Å². The maximum atomic E-state index is 11.3. The molecule has 1 aliphatic rings. The number of carbonyl (C=O) groups excluding carboxylic acids is 1. The lowest BCUT2D eigenvalue weighted by molar-refractivity contribution is -0.143. The fraction of sp³-hybridized carbons (Fsp3) is 0.500. The van der Waals surface area contributed by atoms with Crippen molar-refractivity contribution in [3.05, 3.63) is 17.7 Å². The molecule has 2 heterocycles. The van der Waals surface area contributed by atoms with Crippen LogP contribution in [0.4, 0.5) is 0 Å². The van der Waals surface area contributed by atoms with Gasteiger partial charge in [-0.3, -0.25) is 5.32 Å². The van der Waals surface area contributed by atoms with Gasteiger partial charge in [-0.1, -0.05) is 0 Å². The molecular weight excluding hydrogens is 241 g/mol. The summed E-state index contributed by atoms with van der Waals surface area (Å²) in [6, 6.07) is -0.403. The average molecular weight is 254 g/mol. The number of fused-ring (bicyclic) bond motifs is 1. The zero-order valence-electron chi connectivity index (χ0n) is 8.15. The largest absolute Gasteiger partial charge is 0.468 e. The van der Waals surface area contributed by atoms with E-state index >= 15 is 0 Å². The second kappa shape index (κ2) is 5.95. The third-order valence-electron chi connectivity index (χ3n) is 2.19. The maximum absolute atomic E-state index is 11.3. The van der Waals surface area contributed by atoms with Crippen LogP contribution in [0, 0.1) is 0 Å². The standard InChI is InChI=1S/C8H11N3O2.2ClH/c1-13-8(12)7-6-5(2-3-9-7)10-4-11-6;;/h4,7,9H,2-3H2,1H3,(H,10,11);2*1H. The number of hydrogen-bond acceptors (Lipinski definition) is 4. The lowest BCUT2D eigenvalue weighted by Gasteiger charge is -2.20. The molecule has 0 bridgehead atoms. The van der Waals surface area contributed by atoms with Crippen LogP contribution in [0.3, 0.4) is 0 Å². The molecule has 1 unspecified atom stereocenters. The van der Waals surface area contributed by atoms with Crippen LogP contribution >= 0.6 is 24.8 Å². The molecule has 7 heteroatoms. The summed E-state index contributed by atoms with van der Waals surface area (Å²) in [7, 11) is 1.38. The molecule has 0 aliphatic carbocycles. The van der Waals surface area contributed by atoms with Crippen molar-refractivity contribution in [1.29, 1.82) is 0 Å². The number of H-pyrrole nitrogens is 1. The van der Waals surface area contributed by atoms with E-state index in [1.54, 1.807) is 6.33 Å². The molecule has 0 saturated carbocycles. The van der Waals surface area contributed by atoms with Gasteiger partial charge in [0, 0.05) is 18.7 Å². The predicted molar refractivity (Wildman–Crippen MR) is 59.5 cm³/mol. The minimum absolute atomic E-state index is 0. The van der Waals surface area contributed by atoms with E-state index in [0.29, 0.717) is 0 Å². The van der Waals surface area contributed by atoms with Gasteiger partial charge in [0.05, 0.1) is 19.1 Å². The van der Waals surface area contributed by atoms with Crippen LogP contribution in [0.1, 0.15) is 17.4 Å². The van der Waals surface area contributed by atoms with Gasteiger partial charge in [-0.25, -0.2) is 9.78 Å². The van der Waals surface area contributed by atoms with Gasteiger partial charge in [0.2, 0.25) is 0 Å². The number of methoxy groups -OCH3 is 1. The van der Waals surface area contributed by atoms with Crippen molar-refractivity contribution in [2.24, 2.45) is 0 Å². The zero-order valence-corrected chi connectivity index (χ0v) is 9.78. The summed E-state index contributed by atoms with van der Waals surface area (Å²) < 4.78 is 4.66. The van der Waals surface area contributed by atoms with E-state index in [2.05, 4.69) is 20.0 Å². The zero-order chi connectivity index (χ0) is 9.26. The Kier molecular flexibility index (Phi) is 5.64. The number of hydrogen-bond donors (Lipinski definition) is 2. The van der Waals surface area contributed by atoms with Crippen molar-refractivity contribution < 1.29 is 9.53 Å². The van der Waals surface area contributed by atoms with Gasteiger partial charge in [-0.05, 0) is 0 Å². The first-order valence-electron chi connectivity index (χ1n) is 4.16. The van der Waals surface area contributed by atoms with Gasteiger partial charge in [-0.2, -0.15) is 0 Å². The Morgan fingerprint density at radius 3 is 3.00 bits per heavy atom. The number of ether oxygens (including phenoxy) is 1. The van der Waals surface area contributed by atoms with Crippen molar-refractivity contribution >= 4 is 30.8 Å². The summed E-state index contributed by atoms with van der Waals surface area (Å²) in [6.45, 7) is 0.773. The van der Waals surface area contributed by atoms with Gasteiger partial charge in [0.1, 0.15) is 0 Å². The first-order valence-corrected chi connectivity index (χ1v) is 4.16. The molecule has 1 aromatic rings. The van der Waals surface area contributed by atoms with Crippen LogP contribution in [0.25, 0.3) is 0 Å². The molecule has 1 aliphatic heterocycles. The lowest BCUT2D eigenvalue weighted by Crippen LogP contribution is -2.35. The summed E-state index contributed by atoms with van der Waals surface area (Å²) in [5.74, 6) is -0.284. The SMILES string of the molecule is COC(=O)C1NCCc2[nH]cnc21.Cl.Cl. The topological polar surface area (TPSA) is 67.0 Å². The van der Waals surface area contributed by atoms with Gasteiger partial charge in [0.15, 0.2) is 6.04 Å². The van der Waals surface area contributed by atoms with Crippen molar-refractivity contribution in [1.82, 2.24) is 15.3 Å². The Balaban J connectivity index is 0.000000980. The van der Waals surface area contributed by atoms with E-state index in [-0.39, 0.29) is 30.8 Å². The van der Waals surface area contributed by atoms with E-state index in [0.717, 1.165) is 24.4 Å². The van der Waals surface area contributed by atoms with E-state index < -0.39 is 6.04 Å². The summed E-state index contributed by atoms with van der Waals surface area (Å²) in [5, 5.41) is 3.06. The van der Waals surface area contributed by atoms with Crippen molar-refractivity contribution in [3.8, 4) is 0 Å². The molecule has 0 radical (unpaired) electrons. The van der Waals surface area contributed by atoms with Gasteiger partial charge >= 0.3 is 5.97 Å². The molecule has 5 nitrogen and oxygen atoms in total. The van der Waals surface area contributed by atoms with E-state index in [1.165, 1.54) is 7.11 Å². The Labute approximate surface area is 99.8 Å². The van der Waals surface area contributed by atoms with Gasteiger partial charge < -0.3 is 9.72 Å². The highest BCUT2D eigenvalue weighted by atomic mass is 35.5. The Hall–Kier alpha value is -0.780. The van der Waals surface area contributed by atoms with Crippen LogP contribution in [0.5, 0.6) is 0 Å². The molecule has 1 aromatic heterocycles. The predicted octanol–water partition coefficient (Wildman–Crippen LogP) is 0.613. The van der Waals surface area contributed by atoms with E-state index in [1.807, 2.05) is 0 Å². The molecule has 1 atom stereocenters. The number of rotatable bonds is 1. The lowest BCUT2D eigenvalue weighted by atomic mass is 10.1. The maximum Gasteiger partial charge on any atom is 0.329 e. The van der Waals surface area contributed by atoms with Gasteiger partial charge in [0.25, 0.3) is 0 Å². The van der Waals surface area contributed by atoms with E-state index in [4.69, 9.17) is 0 Å².